The van der Waals surface area contributed by atoms with Crippen LogP contribution < -0.4 is 11.1 Å². The Labute approximate surface area is 160 Å². The zero-order valence-corrected chi connectivity index (χ0v) is 15.5. The highest BCUT2D eigenvalue weighted by atomic mass is 15.0. The molecule has 2 atom stereocenters. The number of anilines is 2. The number of aromatic nitrogens is 1. The number of rotatable bonds is 5. The van der Waals surface area contributed by atoms with Crippen molar-refractivity contribution in [1.82, 2.24) is 4.98 Å². The number of hydrogen-bond donors (Lipinski definition) is 2. The first kappa shape index (κ1) is 17.3. The predicted octanol–water partition coefficient (Wildman–Crippen LogP) is 5.11. The van der Waals surface area contributed by atoms with Gasteiger partial charge in [0.15, 0.2) is 0 Å². The van der Waals surface area contributed by atoms with Crippen LogP contribution in [0, 0.1) is 0 Å². The van der Waals surface area contributed by atoms with Gasteiger partial charge in [-0.05, 0) is 60.7 Å². The van der Waals surface area contributed by atoms with E-state index >= 15 is 0 Å². The summed E-state index contributed by atoms with van der Waals surface area (Å²) in [5.74, 6) is 0. The summed E-state index contributed by atoms with van der Waals surface area (Å²) in [7, 11) is 0. The second-order valence-corrected chi connectivity index (χ2v) is 7.02. The molecule has 1 aromatic heterocycles. The summed E-state index contributed by atoms with van der Waals surface area (Å²) in [6, 6.07) is 21.1. The molecule has 3 aromatic rings. The molecule has 2 unspecified atom stereocenters. The molecule has 4 rings (SSSR count). The van der Waals surface area contributed by atoms with E-state index < -0.39 is 0 Å². The summed E-state index contributed by atoms with van der Waals surface area (Å²) in [5, 5.41) is 3.54. The van der Waals surface area contributed by atoms with Crippen molar-refractivity contribution in [3.63, 3.8) is 0 Å². The molecule has 0 aliphatic heterocycles. The van der Waals surface area contributed by atoms with Crippen molar-refractivity contribution in [2.75, 3.05) is 11.1 Å². The minimum atomic E-state index is 0.150. The molecule has 0 spiro atoms. The Balaban J connectivity index is 1.45. The van der Waals surface area contributed by atoms with Gasteiger partial charge in [0.1, 0.15) is 0 Å². The number of nitrogen functional groups attached to an aromatic ring is 1. The van der Waals surface area contributed by atoms with Gasteiger partial charge in [-0.15, -0.1) is 0 Å². The Morgan fingerprint density at radius 2 is 1.81 bits per heavy atom. The molecule has 4 heteroatoms. The molecular weight excluding hydrogens is 332 g/mol. The quantitative estimate of drug-likeness (QED) is 0.625. The molecule has 4 nitrogen and oxygen atoms in total. The first-order chi connectivity index (χ1) is 13.2. The van der Waals surface area contributed by atoms with E-state index in [-0.39, 0.29) is 6.04 Å². The van der Waals surface area contributed by atoms with Gasteiger partial charge in [0.05, 0.1) is 12.1 Å². The van der Waals surface area contributed by atoms with Crippen molar-refractivity contribution in [1.29, 1.82) is 0 Å². The maximum atomic E-state index is 5.89. The summed E-state index contributed by atoms with van der Waals surface area (Å²) in [6.45, 7) is 2.16. The maximum Gasteiger partial charge on any atom is 0.0721 e. The van der Waals surface area contributed by atoms with Crippen molar-refractivity contribution in [3.8, 4) is 11.1 Å². The molecule has 1 fully saturated rings. The highest BCUT2D eigenvalue weighted by molar-refractivity contribution is 5.97. The summed E-state index contributed by atoms with van der Waals surface area (Å²) in [6.07, 6.45) is 5.81. The molecule has 1 aliphatic carbocycles. The number of hydrogen-bond acceptors (Lipinski definition) is 4. The van der Waals surface area contributed by atoms with Gasteiger partial charge in [0.2, 0.25) is 0 Å². The van der Waals surface area contributed by atoms with E-state index in [0.29, 0.717) is 6.04 Å². The van der Waals surface area contributed by atoms with Crippen LogP contribution in [0.15, 0.2) is 78.0 Å². The lowest BCUT2D eigenvalue weighted by Gasteiger charge is -2.31. The molecule has 27 heavy (non-hydrogen) atoms. The topological polar surface area (TPSA) is 63.3 Å². The molecule has 0 saturated heterocycles. The van der Waals surface area contributed by atoms with E-state index in [1.165, 1.54) is 16.8 Å². The smallest absolute Gasteiger partial charge is 0.0721 e. The Bertz CT molecular complexity index is 932. The summed E-state index contributed by atoms with van der Waals surface area (Å²) < 4.78 is 0. The normalized spacial score (nSPS) is 18.7. The van der Waals surface area contributed by atoms with E-state index in [9.17, 15) is 0 Å². The minimum absolute atomic E-state index is 0.150. The van der Waals surface area contributed by atoms with Crippen molar-refractivity contribution in [3.05, 3.63) is 78.6 Å². The van der Waals surface area contributed by atoms with Crippen molar-refractivity contribution in [2.24, 2.45) is 4.99 Å². The first-order valence-electron chi connectivity index (χ1n) is 9.38. The number of nitrogens with one attached hydrogen (secondary N) is 1. The zero-order chi connectivity index (χ0) is 18.6. The molecule has 1 saturated carbocycles. The van der Waals surface area contributed by atoms with Crippen LogP contribution in [0.5, 0.6) is 0 Å². The number of nitrogens with two attached hydrogens (primary N) is 1. The standard InChI is InChI=1S/C23H24N4/c1-16(26-22-9-10-23(22)27-21-11-13-25-14-12-21)17-5-7-18(8-6-17)19-3-2-4-20(24)15-19/h2-8,11-16,23H,9-10,24H2,1H3,(H,25,27). The van der Waals surface area contributed by atoms with E-state index in [1.807, 2.05) is 42.7 Å². The molecular formula is C23H24N4. The number of benzene rings is 2. The van der Waals surface area contributed by atoms with Gasteiger partial charge in [-0.3, -0.25) is 9.98 Å². The summed E-state index contributed by atoms with van der Waals surface area (Å²) >= 11 is 0. The van der Waals surface area contributed by atoms with Crippen LogP contribution >= 0.6 is 0 Å². The zero-order valence-electron chi connectivity index (χ0n) is 15.5. The van der Waals surface area contributed by atoms with Crippen LogP contribution in [0.4, 0.5) is 11.4 Å². The average Bonchev–Trinajstić information content (AvgIpc) is 2.70. The largest absolute Gasteiger partial charge is 0.399 e. The SMILES string of the molecule is CC(N=C1CCC1Nc1ccncc1)c1ccc(-c2cccc(N)c2)cc1. The molecule has 3 N–H and O–H groups in total. The second-order valence-electron chi connectivity index (χ2n) is 7.02. The highest BCUT2D eigenvalue weighted by Crippen LogP contribution is 2.28. The van der Waals surface area contributed by atoms with Gasteiger partial charge in [0.25, 0.3) is 0 Å². The fourth-order valence-corrected chi connectivity index (χ4v) is 3.37. The average molecular weight is 356 g/mol. The van der Waals surface area contributed by atoms with Crippen molar-refractivity contribution < 1.29 is 0 Å². The molecule has 0 bridgehead atoms. The van der Waals surface area contributed by atoms with Crippen LogP contribution in [0.2, 0.25) is 0 Å². The van der Waals surface area contributed by atoms with E-state index in [4.69, 9.17) is 10.7 Å². The second kappa shape index (κ2) is 7.62. The number of aliphatic imine (C=N–C) groups is 1. The molecule has 0 amide bonds. The lowest BCUT2D eigenvalue weighted by Crippen LogP contribution is -2.39. The monoisotopic (exact) mass is 356 g/mol. The molecule has 1 heterocycles. The van der Waals surface area contributed by atoms with Gasteiger partial charge in [-0.2, -0.15) is 0 Å². The lowest BCUT2D eigenvalue weighted by atomic mass is 9.89. The van der Waals surface area contributed by atoms with E-state index in [2.05, 4.69) is 47.6 Å². The van der Waals surface area contributed by atoms with Crippen molar-refractivity contribution >= 4 is 17.1 Å². The highest BCUT2D eigenvalue weighted by Gasteiger charge is 2.26. The summed E-state index contributed by atoms with van der Waals surface area (Å²) in [4.78, 5) is 9.03. The van der Waals surface area contributed by atoms with Crippen LogP contribution in [0.25, 0.3) is 11.1 Å². The fourth-order valence-electron chi connectivity index (χ4n) is 3.37. The van der Waals surface area contributed by atoms with Gasteiger partial charge in [-0.25, -0.2) is 0 Å². The first-order valence-corrected chi connectivity index (χ1v) is 9.38. The third kappa shape index (κ3) is 4.00. The Kier molecular flexibility index (Phi) is 4.88. The van der Waals surface area contributed by atoms with Crippen LogP contribution in [-0.4, -0.2) is 16.7 Å². The fraction of sp³-hybridized carbons (Fsp3) is 0.217. The van der Waals surface area contributed by atoms with Gasteiger partial charge in [0, 0.05) is 29.5 Å². The van der Waals surface area contributed by atoms with E-state index in [1.54, 1.807) is 0 Å². The summed E-state index contributed by atoms with van der Waals surface area (Å²) in [5.41, 5.74) is 12.6. The molecule has 136 valence electrons. The third-order valence-electron chi connectivity index (χ3n) is 5.09. The molecule has 0 radical (unpaired) electrons. The maximum absolute atomic E-state index is 5.89. The predicted molar refractivity (Wildman–Crippen MR) is 113 cm³/mol. The van der Waals surface area contributed by atoms with Gasteiger partial charge < -0.3 is 11.1 Å². The lowest BCUT2D eigenvalue weighted by molar-refractivity contribution is 0.686. The van der Waals surface area contributed by atoms with Gasteiger partial charge >= 0.3 is 0 Å². The minimum Gasteiger partial charge on any atom is -0.399 e. The Morgan fingerprint density at radius 1 is 1.04 bits per heavy atom. The Hall–Kier alpha value is -3.14. The van der Waals surface area contributed by atoms with E-state index in [0.717, 1.165) is 29.8 Å². The van der Waals surface area contributed by atoms with Crippen molar-refractivity contribution in [2.45, 2.75) is 31.8 Å². The van der Waals surface area contributed by atoms with Crippen LogP contribution in [-0.2, 0) is 0 Å². The third-order valence-corrected chi connectivity index (χ3v) is 5.09. The number of nitrogens with zero attached hydrogens (tertiary/aromatic N) is 2. The molecule has 1 aliphatic rings. The van der Waals surface area contributed by atoms with Crippen LogP contribution in [0.1, 0.15) is 31.4 Å². The van der Waals surface area contributed by atoms with Crippen LogP contribution in [0.3, 0.4) is 0 Å². The Morgan fingerprint density at radius 3 is 2.48 bits per heavy atom. The van der Waals surface area contributed by atoms with Gasteiger partial charge in [-0.1, -0.05) is 36.4 Å². The molecule has 2 aromatic carbocycles. The number of pyridine rings is 1.